The number of benzene rings is 1. The summed E-state index contributed by atoms with van der Waals surface area (Å²) in [5.41, 5.74) is 1.94. The van der Waals surface area contributed by atoms with E-state index >= 15 is 0 Å². The van der Waals surface area contributed by atoms with Crippen LogP contribution in [0.1, 0.15) is 15.2 Å². The fraction of sp³-hybridized carbons (Fsp3) is 0.231. The van der Waals surface area contributed by atoms with E-state index in [-0.39, 0.29) is 5.97 Å². The zero-order valence-electron chi connectivity index (χ0n) is 10.7. The number of methoxy groups -OCH3 is 2. The monoisotopic (exact) mass is 278 g/mol. The van der Waals surface area contributed by atoms with Crippen LogP contribution in [0.5, 0.6) is 0 Å². The highest BCUT2D eigenvalue weighted by molar-refractivity contribution is 7.17. The van der Waals surface area contributed by atoms with Gasteiger partial charge in [-0.05, 0) is 6.07 Å². The van der Waals surface area contributed by atoms with Gasteiger partial charge in [-0.2, -0.15) is 0 Å². The molecule has 0 spiro atoms. The summed E-state index contributed by atoms with van der Waals surface area (Å²) < 4.78 is 9.78. The van der Waals surface area contributed by atoms with Gasteiger partial charge in [0.25, 0.3) is 0 Å². The molecule has 1 aromatic carbocycles. The lowest BCUT2D eigenvalue weighted by Crippen LogP contribution is -1.97. The summed E-state index contributed by atoms with van der Waals surface area (Å²) in [5.74, 6) is -0.379. The molecular formula is C13H14N2O3S. The second kappa shape index (κ2) is 6.31. The van der Waals surface area contributed by atoms with Gasteiger partial charge in [0.15, 0.2) is 5.13 Å². The van der Waals surface area contributed by atoms with Crippen LogP contribution >= 0.6 is 11.3 Å². The van der Waals surface area contributed by atoms with Crippen molar-refractivity contribution < 1.29 is 14.3 Å². The predicted octanol–water partition coefficient (Wildman–Crippen LogP) is 2.82. The third-order valence-electron chi connectivity index (χ3n) is 2.45. The average molecular weight is 278 g/mol. The number of hydrogen-bond donors (Lipinski definition) is 1. The zero-order chi connectivity index (χ0) is 13.7. The van der Waals surface area contributed by atoms with Crippen molar-refractivity contribution in [3.8, 4) is 0 Å². The normalized spacial score (nSPS) is 10.2. The number of nitrogens with one attached hydrogen (secondary N) is 1. The van der Waals surface area contributed by atoms with Gasteiger partial charge in [-0.1, -0.05) is 29.5 Å². The maximum atomic E-state index is 11.3. The maximum Gasteiger partial charge on any atom is 0.349 e. The van der Waals surface area contributed by atoms with Gasteiger partial charge in [0.1, 0.15) is 4.88 Å². The van der Waals surface area contributed by atoms with Crippen LogP contribution in [0.2, 0.25) is 0 Å². The third kappa shape index (κ3) is 3.30. The molecule has 5 nitrogen and oxygen atoms in total. The van der Waals surface area contributed by atoms with Gasteiger partial charge in [-0.3, -0.25) is 0 Å². The summed E-state index contributed by atoms with van der Waals surface area (Å²) in [7, 11) is 3.00. The van der Waals surface area contributed by atoms with Gasteiger partial charge in [0.05, 0.1) is 19.9 Å². The van der Waals surface area contributed by atoms with E-state index in [2.05, 4.69) is 15.0 Å². The van der Waals surface area contributed by atoms with Crippen molar-refractivity contribution in [2.75, 3.05) is 19.5 Å². The molecule has 1 heterocycles. The molecule has 0 radical (unpaired) electrons. The second-order valence-electron chi connectivity index (χ2n) is 3.74. The minimum Gasteiger partial charge on any atom is -0.465 e. The number of ether oxygens (including phenoxy) is 2. The Balaban J connectivity index is 2.17. The standard InChI is InChI=1S/C13H14N2O3S/c1-17-8-9-5-3-4-6-10(9)15-13-14-7-11(19-13)12(16)18-2/h3-7H,8H2,1-2H3,(H,14,15). The first-order valence-electron chi connectivity index (χ1n) is 5.62. The Labute approximate surface area is 115 Å². The molecule has 0 atom stereocenters. The molecule has 6 heteroatoms. The Bertz CT molecular complexity index is 569. The smallest absolute Gasteiger partial charge is 0.349 e. The predicted molar refractivity (Wildman–Crippen MR) is 73.9 cm³/mol. The number of rotatable bonds is 5. The molecule has 1 aromatic heterocycles. The Morgan fingerprint density at radius 2 is 2.16 bits per heavy atom. The van der Waals surface area contributed by atoms with Crippen LogP contribution in [0, 0.1) is 0 Å². The summed E-state index contributed by atoms with van der Waals surface area (Å²) in [6.45, 7) is 0.512. The molecular weight excluding hydrogens is 264 g/mol. The van der Waals surface area contributed by atoms with Crippen LogP contribution in [-0.2, 0) is 16.1 Å². The molecule has 0 aliphatic rings. The largest absolute Gasteiger partial charge is 0.465 e. The van der Waals surface area contributed by atoms with Gasteiger partial charge in [0, 0.05) is 18.4 Å². The van der Waals surface area contributed by atoms with E-state index in [0.29, 0.717) is 16.6 Å². The van der Waals surface area contributed by atoms with E-state index < -0.39 is 0 Å². The Kier molecular flexibility index (Phi) is 4.48. The lowest BCUT2D eigenvalue weighted by Gasteiger charge is -2.08. The quantitative estimate of drug-likeness (QED) is 0.852. The average Bonchev–Trinajstić information content (AvgIpc) is 2.89. The van der Waals surface area contributed by atoms with Crippen molar-refractivity contribution in [2.24, 2.45) is 0 Å². The molecule has 0 aliphatic carbocycles. The van der Waals surface area contributed by atoms with E-state index in [9.17, 15) is 4.79 Å². The molecule has 2 aromatic rings. The molecule has 0 saturated heterocycles. The van der Waals surface area contributed by atoms with E-state index in [4.69, 9.17) is 4.74 Å². The van der Waals surface area contributed by atoms with Gasteiger partial charge < -0.3 is 14.8 Å². The molecule has 0 unspecified atom stereocenters. The third-order valence-corrected chi connectivity index (χ3v) is 3.34. The van der Waals surface area contributed by atoms with Crippen molar-refractivity contribution in [3.05, 3.63) is 40.9 Å². The number of esters is 1. The second-order valence-corrected chi connectivity index (χ2v) is 4.77. The minimum atomic E-state index is -0.379. The highest BCUT2D eigenvalue weighted by Gasteiger charge is 2.11. The molecule has 2 rings (SSSR count). The van der Waals surface area contributed by atoms with Crippen molar-refractivity contribution >= 4 is 28.1 Å². The van der Waals surface area contributed by atoms with Gasteiger partial charge in [-0.25, -0.2) is 9.78 Å². The van der Waals surface area contributed by atoms with Crippen LogP contribution in [0.3, 0.4) is 0 Å². The van der Waals surface area contributed by atoms with E-state index in [0.717, 1.165) is 11.3 Å². The molecule has 0 saturated carbocycles. The topological polar surface area (TPSA) is 60.5 Å². The Morgan fingerprint density at radius 3 is 2.89 bits per heavy atom. The maximum absolute atomic E-state index is 11.3. The van der Waals surface area contributed by atoms with Gasteiger partial charge >= 0.3 is 5.97 Å². The summed E-state index contributed by atoms with van der Waals surface area (Å²) in [5, 5.41) is 3.82. The van der Waals surface area contributed by atoms with Crippen molar-refractivity contribution in [2.45, 2.75) is 6.61 Å². The van der Waals surface area contributed by atoms with Gasteiger partial charge in [-0.15, -0.1) is 0 Å². The first kappa shape index (κ1) is 13.5. The van der Waals surface area contributed by atoms with E-state index in [1.54, 1.807) is 7.11 Å². The van der Waals surface area contributed by atoms with Crippen LogP contribution in [0.15, 0.2) is 30.5 Å². The van der Waals surface area contributed by atoms with E-state index in [1.165, 1.54) is 24.6 Å². The van der Waals surface area contributed by atoms with Crippen molar-refractivity contribution in [1.29, 1.82) is 0 Å². The first-order valence-corrected chi connectivity index (χ1v) is 6.44. The summed E-state index contributed by atoms with van der Waals surface area (Å²) in [6.07, 6.45) is 1.50. The summed E-state index contributed by atoms with van der Waals surface area (Å²) in [6, 6.07) is 7.78. The fourth-order valence-electron chi connectivity index (χ4n) is 1.57. The number of hydrogen-bond acceptors (Lipinski definition) is 6. The molecule has 0 amide bonds. The molecule has 1 N–H and O–H groups in total. The van der Waals surface area contributed by atoms with Crippen LogP contribution in [-0.4, -0.2) is 25.2 Å². The molecule has 0 aliphatic heterocycles. The number of carbonyl (C=O) groups is 1. The molecule has 0 fully saturated rings. The van der Waals surface area contributed by atoms with Crippen molar-refractivity contribution in [1.82, 2.24) is 4.98 Å². The van der Waals surface area contributed by atoms with Crippen molar-refractivity contribution in [3.63, 3.8) is 0 Å². The highest BCUT2D eigenvalue weighted by atomic mass is 32.1. The molecule has 19 heavy (non-hydrogen) atoms. The lowest BCUT2D eigenvalue weighted by molar-refractivity contribution is 0.0606. The summed E-state index contributed by atoms with van der Waals surface area (Å²) in [4.78, 5) is 16.0. The Hall–Kier alpha value is -1.92. The number of carbonyl (C=O) groups excluding carboxylic acids is 1. The number of aromatic nitrogens is 1. The Morgan fingerprint density at radius 1 is 1.37 bits per heavy atom. The number of anilines is 2. The van der Waals surface area contributed by atoms with Crippen LogP contribution in [0.4, 0.5) is 10.8 Å². The zero-order valence-corrected chi connectivity index (χ0v) is 11.5. The SMILES string of the molecule is COCc1ccccc1Nc1ncc(C(=O)OC)s1. The molecule has 0 bridgehead atoms. The number of nitrogens with zero attached hydrogens (tertiary/aromatic N) is 1. The minimum absolute atomic E-state index is 0.379. The van der Waals surface area contributed by atoms with Crippen LogP contribution in [0.25, 0.3) is 0 Å². The number of thiazole rings is 1. The highest BCUT2D eigenvalue weighted by Crippen LogP contribution is 2.25. The van der Waals surface area contributed by atoms with E-state index in [1.807, 2.05) is 24.3 Å². The first-order chi connectivity index (χ1) is 9.24. The number of para-hydroxylation sites is 1. The fourth-order valence-corrected chi connectivity index (χ4v) is 2.31. The summed E-state index contributed by atoms with van der Waals surface area (Å²) >= 11 is 1.25. The molecule has 100 valence electrons. The van der Waals surface area contributed by atoms with Crippen LogP contribution < -0.4 is 5.32 Å². The lowest BCUT2D eigenvalue weighted by atomic mass is 10.2. The van der Waals surface area contributed by atoms with Gasteiger partial charge in [0.2, 0.25) is 0 Å².